The largest absolute Gasteiger partial charge is 0.480 e. The summed E-state index contributed by atoms with van der Waals surface area (Å²) in [6, 6.07) is 0. The van der Waals surface area contributed by atoms with Crippen molar-refractivity contribution in [1.82, 2.24) is 55.6 Å². The molecule has 0 unspecified atom stereocenters. The third-order valence-electron chi connectivity index (χ3n) is 9.67. The third-order valence-corrected chi connectivity index (χ3v) is 9.67. The van der Waals surface area contributed by atoms with E-state index in [2.05, 4.69) is 26.3 Å². The van der Waals surface area contributed by atoms with Crippen LogP contribution < -0.4 is 26.2 Å². The maximum atomic E-state index is 14.1. The number of methoxy groups -OCH3 is 1. The second-order valence-electron chi connectivity index (χ2n) is 15.9. The van der Waals surface area contributed by atoms with Crippen LogP contribution in [0.15, 0.2) is 18.2 Å². The van der Waals surface area contributed by atoms with Crippen molar-refractivity contribution in [2.45, 2.75) is 65.1 Å². The third kappa shape index (κ3) is 16.0. The molecule has 0 radical (unpaired) electrons. The number of aromatic nitrogens is 4. The van der Waals surface area contributed by atoms with Crippen molar-refractivity contribution in [1.29, 1.82) is 5.41 Å². The minimum Gasteiger partial charge on any atom is -0.480 e. The molecule has 0 spiro atoms. The Bertz CT molecular complexity index is 1820. The number of amides is 1. The lowest BCUT2D eigenvalue weighted by molar-refractivity contribution is -0.464. The zero-order valence-corrected chi connectivity index (χ0v) is 36.4. The molecule has 2 fully saturated rings. The summed E-state index contributed by atoms with van der Waals surface area (Å²) in [5.41, 5.74) is 1.11. The number of ether oxygens (including phenoxy) is 1. The minimum atomic E-state index is -0.953. The maximum absolute atomic E-state index is 14.1. The van der Waals surface area contributed by atoms with Gasteiger partial charge in [0.1, 0.15) is 11.9 Å². The number of rotatable bonds is 20. The first-order chi connectivity index (χ1) is 29.1. The normalized spacial score (nSPS) is 17.8. The molecule has 4 rings (SSSR count). The molecular formula is C38H63FN14O8. The van der Waals surface area contributed by atoms with Gasteiger partial charge in [0.2, 0.25) is 23.1 Å². The molecule has 1 atom stereocenters. The van der Waals surface area contributed by atoms with E-state index in [1.807, 2.05) is 42.1 Å². The number of carbonyl (C=O) groups excluding carboxylic acids is 4. The van der Waals surface area contributed by atoms with E-state index in [9.17, 15) is 23.6 Å². The van der Waals surface area contributed by atoms with Crippen LogP contribution in [0.25, 0.3) is 11.2 Å². The van der Waals surface area contributed by atoms with Gasteiger partial charge in [0.25, 0.3) is 0 Å². The van der Waals surface area contributed by atoms with Gasteiger partial charge in [0, 0.05) is 57.6 Å². The number of carbonyl (C=O) groups is 4. The average Bonchev–Trinajstić information content (AvgIpc) is 3.84. The summed E-state index contributed by atoms with van der Waals surface area (Å²) < 4.78 is 21.3. The van der Waals surface area contributed by atoms with Crippen molar-refractivity contribution in [3.8, 4) is 0 Å². The average molecular weight is 863 g/mol. The van der Waals surface area contributed by atoms with Gasteiger partial charge in [-0.05, 0) is 67.1 Å². The Morgan fingerprint density at radius 3 is 2.49 bits per heavy atom. The number of hydrogen-bond donors (Lipinski definition) is 5. The smallest absolute Gasteiger partial charge is 0.346 e. The van der Waals surface area contributed by atoms with Crippen LogP contribution >= 0.6 is 0 Å². The van der Waals surface area contributed by atoms with E-state index in [0.717, 1.165) is 19.3 Å². The van der Waals surface area contributed by atoms with Gasteiger partial charge in [0.15, 0.2) is 17.0 Å². The summed E-state index contributed by atoms with van der Waals surface area (Å²) in [6.07, 6.45) is 5.17. The highest BCUT2D eigenvalue weighted by Gasteiger charge is 2.29. The van der Waals surface area contributed by atoms with E-state index >= 15 is 0 Å². The predicted octanol–water partition coefficient (Wildman–Crippen LogP) is 0.348. The Morgan fingerprint density at radius 2 is 1.80 bits per heavy atom. The van der Waals surface area contributed by atoms with Crippen LogP contribution in [0.2, 0.25) is 0 Å². The molecule has 0 bridgehead atoms. The van der Waals surface area contributed by atoms with Crippen LogP contribution in [0.3, 0.4) is 0 Å². The van der Waals surface area contributed by atoms with Crippen LogP contribution in [0.5, 0.6) is 0 Å². The number of halogens is 1. The molecule has 2 aromatic rings. The van der Waals surface area contributed by atoms with E-state index in [0.29, 0.717) is 87.4 Å². The molecule has 5 N–H and O–H groups in total. The van der Waals surface area contributed by atoms with Crippen LogP contribution in [0.1, 0.15) is 53.4 Å². The first-order valence-corrected chi connectivity index (χ1v) is 20.5. The molecule has 2 aromatic heterocycles. The maximum Gasteiger partial charge on any atom is 0.346 e. The molecule has 0 aliphatic carbocycles. The molecule has 1 amide bonds. The Morgan fingerprint density at radius 1 is 1.07 bits per heavy atom. The molecule has 2 aliphatic heterocycles. The van der Waals surface area contributed by atoms with E-state index < -0.39 is 24.1 Å². The fourth-order valence-electron chi connectivity index (χ4n) is 6.20. The predicted molar refractivity (Wildman–Crippen MR) is 223 cm³/mol. The van der Waals surface area contributed by atoms with Crippen molar-refractivity contribution in [2.75, 3.05) is 117 Å². The van der Waals surface area contributed by atoms with Gasteiger partial charge in [-0.15, -0.1) is 0 Å². The first kappa shape index (κ1) is 48.4. The summed E-state index contributed by atoms with van der Waals surface area (Å²) in [7, 11) is 4.80. The highest BCUT2D eigenvalue weighted by Crippen LogP contribution is 2.29. The molecule has 2 saturated heterocycles. The Labute approximate surface area is 355 Å². The van der Waals surface area contributed by atoms with Gasteiger partial charge >= 0.3 is 17.9 Å². The highest BCUT2D eigenvalue weighted by atomic mass is 19.1. The standard InChI is InChI=1S/C38H63FN14O8/c1-8-50-19-18-49(6)24-31(56)60-53(61-32(57)25-50)59-30(55)23-48(5)17-15-42-21-29(54)43-14-11-9-10-13-41-20-28(34(40)58-7)45-35-33-36(52(26-44-33)38(2,3)4)47-37(46-35)51-16-12-27(39)22-51/h20,26-27,40-42H,8-19,21-25H2,1-7H3,(H,43,54)(H,45,46,47)/b28-20+,40-34?/t27-/m0/s1. The summed E-state index contributed by atoms with van der Waals surface area (Å²) >= 11 is 0. The summed E-state index contributed by atoms with van der Waals surface area (Å²) in [6.45, 7) is 11.9. The number of likely N-dealkylation sites (N-methyl/N-ethyl adjacent to an activating group) is 3. The van der Waals surface area contributed by atoms with Gasteiger partial charge in [-0.3, -0.25) is 39.4 Å². The molecule has 23 heteroatoms. The number of imidazole rings is 1. The van der Waals surface area contributed by atoms with Crippen LogP contribution in [-0.4, -0.2) is 182 Å². The Kier molecular flexibility index (Phi) is 18.8. The van der Waals surface area contributed by atoms with Crippen molar-refractivity contribution < 1.29 is 42.8 Å². The summed E-state index contributed by atoms with van der Waals surface area (Å²) in [4.78, 5) is 85.5. The van der Waals surface area contributed by atoms with Crippen molar-refractivity contribution in [3.05, 3.63) is 18.2 Å². The molecule has 340 valence electrons. The zero-order valence-electron chi connectivity index (χ0n) is 36.4. The van der Waals surface area contributed by atoms with Gasteiger partial charge < -0.3 is 35.5 Å². The zero-order chi connectivity index (χ0) is 44.5. The quantitative estimate of drug-likeness (QED) is 0.0686. The lowest BCUT2D eigenvalue weighted by Gasteiger charge is -2.22. The molecule has 0 aromatic carbocycles. The number of fused-ring (bicyclic) bond motifs is 1. The van der Waals surface area contributed by atoms with Crippen molar-refractivity contribution in [3.63, 3.8) is 0 Å². The number of alkyl halides is 1. The number of unbranched alkanes of at least 4 members (excludes halogenated alkanes) is 2. The van der Waals surface area contributed by atoms with E-state index in [-0.39, 0.29) is 55.5 Å². The number of nitrogens with zero attached hydrogens (tertiary/aromatic N) is 9. The molecule has 61 heavy (non-hydrogen) atoms. The second kappa shape index (κ2) is 23.7. The molecule has 2 aliphatic rings. The monoisotopic (exact) mass is 862 g/mol. The minimum absolute atomic E-state index is 0.0813. The summed E-state index contributed by atoms with van der Waals surface area (Å²) in [5, 5.41) is 20.9. The van der Waals surface area contributed by atoms with Crippen LogP contribution in [0.4, 0.5) is 16.2 Å². The van der Waals surface area contributed by atoms with Gasteiger partial charge in [-0.25, -0.2) is 23.8 Å². The lowest BCUT2D eigenvalue weighted by atomic mass is 10.1. The first-order valence-electron chi connectivity index (χ1n) is 20.5. The highest BCUT2D eigenvalue weighted by molar-refractivity contribution is 5.96. The number of anilines is 2. The van der Waals surface area contributed by atoms with Crippen molar-refractivity contribution >= 4 is 52.6 Å². The van der Waals surface area contributed by atoms with Gasteiger partial charge in [-0.2, -0.15) is 9.97 Å². The van der Waals surface area contributed by atoms with E-state index in [1.165, 1.54) is 7.11 Å². The van der Waals surface area contributed by atoms with E-state index in [4.69, 9.17) is 34.6 Å². The van der Waals surface area contributed by atoms with Gasteiger partial charge in [0.05, 0.1) is 46.2 Å². The fraction of sp³-hybridized carbons (Fsp3) is 0.684. The lowest BCUT2D eigenvalue weighted by Crippen LogP contribution is -2.41. The SMILES string of the molecule is CCN1CCN(C)CC(=O)ON(OC(=O)CN(C)CCNCC(=O)NCCCCCN/C=C(/Nc2nc(N3CC[C@H](F)C3)nc3c2ncn3C(C)(C)C)C(=N)OC)OC(=O)C1. The Hall–Kier alpha value is -5.23. The molecule has 22 nitrogen and oxygen atoms in total. The fourth-order valence-corrected chi connectivity index (χ4v) is 6.20. The molecular weight excluding hydrogens is 800 g/mol. The van der Waals surface area contributed by atoms with Crippen LogP contribution in [0, 0.1) is 5.41 Å². The van der Waals surface area contributed by atoms with Crippen LogP contribution in [-0.2, 0) is 44.0 Å². The molecule has 0 saturated carbocycles. The molecule has 4 heterocycles. The van der Waals surface area contributed by atoms with Gasteiger partial charge in [-0.1, -0.05) is 6.92 Å². The number of nitrogens with one attached hydrogen (secondary N) is 5. The topological polar surface area (TPSA) is 237 Å². The number of hydrogen-bond acceptors (Lipinski definition) is 20. The van der Waals surface area contributed by atoms with Crippen molar-refractivity contribution in [2.24, 2.45) is 0 Å². The van der Waals surface area contributed by atoms with E-state index in [1.54, 1.807) is 36.4 Å². The Balaban J connectivity index is 1.13. The second-order valence-corrected chi connectivity index (χ2v) is 15.9. The summed E-state index contributed by atoms with van der Waals surface area (Å²) in [5.74, 6) is -1.88.